The molecule has 0 fully saturated rings. The predicted molar refractivity (Wildman–Crippen MR) is 96.0 cm³/mol. The molecule has 0 bridgehead atoms. The Kier molecular flexibility index (Phi) is 6.54. The predicted octanol–water partition coefficient (Wildman–Crippen LogP) is 2.52. The number of rotatable bonds is 8. The first kappa shape index (κ1) is 17.7. The molecule has 6 heteroatoms. The lowest BCUT2D eigenvalue weighted by atomic mass is 10.1. The molecule has 0 unspecified atom stereocenters. The summed E-state index contributed by atoms with van der Waals surface area (Å²) in [5, 5.41) is 6.51. The van der Waals surface area contributed by atoms with Crippen molar-refractivity contribution >= 4 is 17.9 Å². The van der Waals surface area contributed by atoms with Gasteiger partial charge in [0.05, 0.1) is 0 Å². The number of hydrogen-bond acceptors (Lipinski definition) is 4. The van der Waals surface area contributed by atoms with Crippen molar-refractivity contribution in [1.29, 1.82) is 0 Å². The summed E-state index contributed by atoms with van der Waals surface area (Å²) in [5.74, 6) is 1.38. The summed E-state index contributed by atoms with van der Waals surface area (Å²) in [5.41, 5.74) is 6.60. The monoisotopic (exact) mass is 327 g/mol. The van der Waals surface area contributed by atoms with E-state index in [-0.39, 0.29) is 11.9 Å². The van der Waals surface area contributed by atoms with Gasteiger partial charge in [-0.2, -0.15) is 4.98 Å². The van der Waals surface area contributed by atoms with E-state index in [9.17, 15) is 4.79 Å². The van der Waals surface area contributed by atoms with Gasteiger partial charge in [0, 0.05) is 25.9 Å². The lowest BCUT2D eigenvalue weighted by Gasteiger charge is -2.23. The van der Waals surface area contributed by atoms with Crippen LogP contribution in [-0.2, 0) is 11.2 Å². The highest BCUT2D eigenvalue weighted by molar-refractivity contribution is 5.76. The van der Waals surface area contributed by atoms with E-state index in [0.717, 1.165) is 12.1 Å². The van der Waals surface area contributed by atoms with Crippen LogP contribution in [0.4, 0.5) is 5.95 Å². The van der Waals surface area contributed by atoms with Gasteiger partial charge in [0.15, 0.2) is 0 Å². The Bertz CT molecular complexity index is 663. The molecule has 0 saturated carbocycles. The van der Waals surface area contributed by atoms with E-state index in [4.69, 9.17) is 5.73 Å². The zero-order valence-electron chi connectivity index (χ0n) is 14.3. The van der Waals surface area contributed by atoms with Crippen LogP contribution in [0.2, 0.25) is 0 Å². The molecule has 0 saturated heterocycles. The van der Waals surface area contributed by atoms with Crippen molar-refractivity contribution in [3.63, 3.8) is 0 Å². The molecule has 24 heavy (non-hydrogen) atoms. The third kappa shape index (κ3) is 5.87. The van der Waals surface area contributed by atoms with Gasteiger partial charge in [0.1, 0.15) is 5.82 Å². The molecule has 0 aliphatic rings. The summed E-state index contributed by atoms with van der Waals surface area (Å²) in [4.78, 5) is 18.4. The fourth-order valence-corrected chi connectivity index (χ4v) is 2.40. The molecule has 0 atom stereocenters. The van der Waals surface area contributed by atoms with Gasteiger partial charge in [-0.15, -0.1) is 5.10 Å². The van der Waals surface area contributed by atoms with E-state index in [1.165, 1.54) is 0 Å². The van der Waals surface area contributed by atoms with E-state index in [0.29, 0.717) is 31.1 Å². The lowest BCUT2D eigenvalue weighted by molar-refractivity contribution is -0.131. The zero-order valence-corrected chi connectivity index (χ0v) is 14.3. The smallest absolute Gasteiger partial charge is 0.239 e. The maximum Gasteiger partial charge on any atom is 0.239 e. The number of carbonyl (C=O) groups excluding carboxylic acids is 1. The van der Waals surface area contributed by atoms with Gasteiger partial charge in [-0.3, -0.25) is 9.89 Å². The molecule has 128 valence electrons. The highest BCUT2D eigenvalue weighted by Gasteiger charge is 2.14. The van der Waals surface area contributed by atoms with Crippen LogP contribution in [0.5, 0.6) is 0 Å². The van der Waals surface area contributed by atoms with Crippen LogP contribution in [-0.4, -0.2) is 39.1 Å². The molecule has 0 radical (unpaired) electrons. The third-order valence-electron chi connectivity index (χ3n) is 3.50. The standard InChI is InChI=1S/C18H25N5O/c1-14(2)13-23(12-6-9-15-7-4-3-5-8-15)17(24)11-10-16-20-18(19)22-21-16/h3-9,14H,10-13H2,1-2H3,(H3,19,20,21,22). The number of nitrogens with one attached hydrogen (secondary N) is 1. The van der Waals surface area contributed by atoms with Gasteiger partial charge in [-0.1, -0.05) is 56.3 Å². The Morgan fingerprint density at radius 1 is 1.33 bits per heavy atom. The van der Waals surface area contributed by atoms with Crippen LogP contribution in [0.15, 0.2) is 36.4 Å². The maximum atomic E-state index is 12.5. The van der Waals surface area contributed by atoms with Gasteiger partial charge in [-0.25, -0.2) is 0 Å². The summed E-state index contributed by atoms with van der Waals surface area (Å²) >= 11 is 0. The number of aryl methyl sites for hydroxylation is 1. The number of H-pyrrole nitrogens is 1. The van der Waals surface area contributed by atoms with Crippen molar-refractivity contribution in [3.05, 3.63) is 47.8 Å². The second kappa shape index (κ2) is 8.86. The Hall–Kier alpha value is -2.63. The minimum Gasteiger partial charge on any atom is -0.367 e. The highest BCUT2D eigenvalue weighted by Crippen LogP contribution is 2.07. The summed E-state index contributed by atoms with van der Waals surface area (Å²) in [6.07, 6.45) is 4.97. The van der Waals surface area contributed by atoms with Crippen LogP contribution < -0.4 is 5.73 Å². The van der Waals surface area contributed by atoms with Crippen molar-refractivity contribution < 1.29 is 4.79 Å². The fraction of sp³-hybridized carbons (Fsp3) is 0.389. The molecule has 6 nitrogen and oxygen atoms in total. The minimum atomic E-state index is 0.108. The number of aromatic amines is 1. The number of nitrogen functional groups attached to an aromatic ring is 1. The number of anilines is 1. The average molecular weight is 327 g/mol. The SMILES string of the molecule is CC(C)CN(CC=Cc1ccccc1)C(=O)CCc1nc(N)n[nH]1. The number of aromatic nitrogens is 3. The molecule has 0 spiro atoms. The third-order valence-corrected chi connectivity index (χ3v) is 3.50. The number of carbonyl (C=O) groups is 1. The molecule has 2 rings (SSSR count). The van der Waals surface area contributed by atoms with E-state index in [1.54, 1.807) is 0 Å². The molecule has 0 aliphatic heterocycles. The molecule has 3 N–H and O–H groups in total. The highest BCUT2D eigenvalue weighted by atomic mass is 16.2. The molecule has 2 aromatic rings. The van der Waals surface area contributed by atoms with E-state index < -0.39 is 0 Å². The molecule has 1 aromatic heterocycles. The van der Waals surface area contributed by atoms with Crippen LogP contribution in [0.1, 0.15) is 31.7 Å². The maximum absolute atomic E-state index is 12.5. The van der Waals surface area contributed by atoms with Crippen molar-refractivity contribution in [2.45, 2.75) is 26.7 Å². The van der Waals surface area contributed by atoms with Crippen molar-refractivity contribution in [2.24, 2.45) is 5.92 Å². The first-order valence-corrected chi connectivity index (χ1v) is 8.20. The first-order chi connectivity index (χ1) is 11.5. The Morgan fingerprint density at radius 2 is 2.08 bits per heavy atom. The quantitative estimate of drug-likeness (QED) is 0.780. The summed E-state index contributed by atoms with van der Waals surface area (Å²) < 4.78 is 0. The molecule has 0 aliphatic carbocycles. The van der Waals surface area contributed by atoms with Gasteiger partial charge < -0.3 is 10.6 Å². The zero-order chi connectivity index (χ0) is 17.4. The van der Waals surface area contributed by atoms with E-state index >= 15 is 0 Å². The minimum absolute atomic E-state index is 0.108. The number of nitrogens with two attached hydrogens (primary N) is 1. The van der Waals surface area contributed by atoms with Crippen LogP contribution in [0.25, 0.3) is 6.08 Å². The van der Waals surface area contributed by atoms with Crippen molar-refractivity contribution in [2.75, 3.05) is 18.8 Å². The summed E-state index contributed by atoms with van der Waals surface area (Å²) in [6.45, 7) is 5.55. The molecule has 1 amide bonds. The van der Waals surface area contributed by atoms with Gasteiger partial charge in [-0.05, 0) is 11.5 Å². The average Bonchev–Trinajstić information content (AvgIpc) is 2.98. The van der Waals surface area contributed by atoms with Crippen molar-refractivity contribution in [1.82, 2.24) is 20.1 Å². The Morgan fingerprint density at radius 3 is 2.71 bits per heavy atom. The number of benzene rings is 1. The topological polar surface area (TPSA) is 87.9 Å². The largest absolute Gasteiger partial charge is 0.367 e. The van der Waals surface area contributed by atoms with Crippen LogP contribution in [0, 0.1) is 5.92 Å². The number of nitrogens with zero attached hydrogens (tertiary/aromatic N) is 3. The van der Waals surface area contributed by atoms with Gasteiger partial charge in [0.2, 0.25) is 11.9 Å². The normalized spacial score (nSPS) is 11.3. The molecular formula is C18H25N5O. The van der Waals surface area contributed by atoms with Gasteiger partial charge >= 0.3 is 0 Å². The molecular weight excluding hydrogens is 302 g/mol. The molecule has 1 aromatic carbocycles. The second-order valence-electron chi connectivity index (χ2n) is 6.15. The Labute approximate surface area is 142 Å². The van der Waals surface area contributed by atoms with Crippen LogP contribution in [0.3, 0.4) is 0 Å². The second-order valence-corrected chi connectivity index (χ2v) is 6.15. The van der Waals surface area contributed by atoms with Crippen molar-refractivity contribution in [3.8, 4) is 0 Å². The lowest BCUT2D eigenvalue weighted by Crippen LogP contribution is -2.34. The summed E-state index contributed by atoms with van der Waals surface area (Å²) in [6, 6.07) is 10.1. The fourth-order valence-electron chi connectivity index (χ4n) is 2.40. The molecule has 1 heterocycles. The van der Waals surface area contributed by atoms with E-state index in [2.05, 4.69) is 29.0 Å². The summed E-state index contributed by atoms with van der Waals surface area (Å²) in [7, 11) is 0. The van der Waals surface area contributed by atoms with E-state index in [1.807, 2.05) is 47.4 Å². The van der Waals surface area contributed by atoms with Crippen LogP contribution >= 0.6 is 0 Å². The number of amides is 1. The van der Waals surface area contributed by atoms with Gasteiger partial charge in [0.25, 0.3) is 0 Å². The Balaban J connectivity index is 1.91. The number of hydrogen-bond donors (Lipinski definition) is 2. The first-order valence-electron chi connectivity index (χ1n) is 8.20.